The summed E-state index contributed by atoms with van der Waals surface area (Å²) in [6, 6.07) is 0. The van der Waals surface area contributed by atoms with E-state index in [9.17, 15) is 4.21 Å². The highest BCUT2D eigenvalue weighted by Crippen LogP contribution is 2.50. The van der Waals surface area contributed by atoms with E-state index in [2.05, 4.69) is 5.41 Å². The van der Waals surface area contributed by atoms with Gasteiger partial charge in [0, 0.05) is 14.8 Å². The van der Waals surface area contributed by atoms with Crippen LogP contribution in [0.25, 0.3) is 0 Å². The summed E-state index contributed by atoms with van der Waals surface area (Å²) < 4.78 is 10.6. The summed E-state index contributed by atoms with van der Waals surface area (Å²) in [4.78, 5) is 1.31. The molecule has 0 saturated heterocycles. The van der Waals surface area contributed by atoms with Gasteiger partial charge in [-0.3, -0.25) is 0 Å². The van der Waals surface area contributed by atoms with Crippen molar-refractivity contribution in [1.29, 1.82) is 0 Å². The lowest BCUT2D eigenvalue weighted by molar-refractivity contribution is 0.515. The lowest BCUT2D eigenvalue weighted by atomic mass is 10.0. The second kappa shape index (κ2) is 5.12. The van der Waals surface area contributed by atoms with Crippen molar-refractivity contribution in [2.24, 2.45) is 5.73 Å². The topological polar surface area (TPSA) is 43.1 Å². The van der Waals surface area contributed by atoms with Gasteiger partial charge in [0.05, 0.1) is 0 Å². The lowest BCUT2D eigenvalue weighted by Gasteiger charge is -2.29. The minimum atomic E-state index is -0.219. The standard InChI is InChI=1S/C11H18NOS2/c12-9-6-11(7-14-13)15(8-9)10-4-2-1-3-5-10/h6,8,10,15H,1-5,7,12H2/q+1. The first-order valence-corrected chi connectivity index (χ1v) is 7.91. The molecule has 2 rings (SSSR count). The zero-order valence-corrected chi connectivity index (χ0v) is 10.5. The molecule has 2 N–H and O–H groups in total. The van der Waals surface area contributed by atoms with Crippen LogP contribution in [0.4, 0.5) is 0 Å². The summed E-state index contributed by atoms with van der Waals surface area (Å²) in [7, 11) is -0.219. The summed E-state index contributed by atoms with van der Waals surface area (Å²) in [5, 5.41) is 3.02. The Bertz CT molecular complexity index is 306. The largest absolute Gasteiger partial charge is 0.464 e. The monoisotopic (exact) mass is 244 g/mol. The summed E-state index contributed by atoms with van der Waals surface area (Å²) >= 11 is 0.678. The number of thiol groups is 1. The van der Waals surface area contributed by atoms with Crippen molar-refractivity contribution >= 4 is 22.6 Å². The highest BCUT2D eigenvalue weighted by Gasteiger charge is 2.27. The van der Waals surface area contributed by atoms with Crippen LogP contribution in [-0.2, 0) is 15.9 Å². The van der Waals surface area contributed by atoms with Crippen LogP contribution in [0.1, 0.15) is 32.1 Å². The number of allylic oxidation sites excluding steroid dienone is 1. The van der Waals surface area contributed by atoms with E-state index in [-0.39, 0.29) is 10.9 Å². The summed E-state index contributed by atoms with van der Waals surface area (Å²) in [6.07, 6.45) is 8.79. The molecule has 0 bridgehead atoms. The average Bonchev–Trinajstić information content (AvgIpc) is 2.62. The molecule has 0 spiro atoms. The highest BCUT2D eigenvalue weighted by atomic mass is 32.2. The third-order valence-electron chi connectivity index (χ3n) is 3.13. The molecule has 0 radical (unpaired) electrons. The third-order valence-corrected chi connectivity index (χ3v) is 6.60. The first-order chi connectivity index (χ1) is 7.31. The predicted octanol–water partition coefficient (Wildman–Crippen LogP) is 2.45. The molecule has 4 heteroatoms. The van der Waals surface area contributed by atoms with Gasteiger partial charge in [0.15, 0.2) is 0 Å². The molecule has 1 aliphatic carbocycles. The van der Waals surface area contributed by atoms with Crippen molar-refractivity contribution in [3.8, 4) is 0 Å². The van der Waals surface area contributed by atoms with Crippen LogP contribution >= 0.6 is 10.9 Å². The summed E-state index contributed by atoms with van der Waals surface area (Å²) in [5.74, 6) is 0.624. The number of hydrogen-bond donors (Lipinski definition) is 2. The second-order valence-corrected chi connectivity index (χ2v) is 7.13. The fourth-order valence-corrected chi connectivity index (χ4v) is 5.84. The zero-order chi connectivity index (χ0) is 10.7. The molecule has 84 valence electrons. The quantitative estimate of drug-likeness (QED) is 0.591. The van der Waals surface area contributed by atoms with E-state index < -0.39 is 0 Å². The molecule has 0 amide bonds. The molecule has 0 aromatic heterocycles. The van der Waals surface area contributed by atoms with Crippen LogP contribution in [0.3, 0.4) is 0 Å². The third kappa shape index (κ3) is 2.61. The molecule has 1 saturated carbocycles. The van der Waals surface area contributed by atoms with Crippen molar-refractivity contribution in [3.05, 3.63) is 22.1 Å². The molecule has 1 aliphatic heterocycles. The molecule has 1 unspecified atom stereocenters. The Morgan fingerprint density at radius 1 is 1.40 bits per heavy atom. The summed E-state index contributed by atoms with van der Waals surface area (Å²) in [6.45, 7) is 0. The molecule has 1 heterocycles. The van der Waals surface area contributed by atoms with Crippen molar-refractivity contribution in [3.63, 3.8) is 0 Å². The maximum atomic E-state index is 10.6. The summed E-state index contributed by atoms with van der Waals surface area (Å²) in [5.41, 5.74) is 6.73. The predicted molar refractivity (Wildman–Crippen MR) is 69.1 cm³/mol. The maximum absolute atomic E-state index is 10.6. The Kier molecular flexibility index (Phi) is 3.81. The Balaban J connectivity index is 2.06. The second-order valence-electron chi connectivity index (χ2n) is 4.23. The van der Waals surface area contributed by atoms with Crippen molar-refractivity contribution in [2.45, 2.75) is 37.4 Å². The van der Waals surface area contributed by atoms with E-state index in [0.717, 1.165) is 10.9 Å². The van der Waals surface area contributed by atoms with Crippen LogP contribution < -0.4 is 5.73 Å². The van der Waals surface area contributed by atoms with Gasteiger partial charge in [-0.1, -0.05) is 19.3 Å². The first kappa shape index (κ1) is 11.1. The van der Waals surface area contributed by atoms with Gasteiger partial charge in [-0.2, -0.15) is 0 Å². The van der Waals surface area contributed by atoms with Gasteiger partial charge >= 0.3 is 11.7 Å². The van der Waals surface area contributed by atoms with E-state index >= 15 is 0 Å². The molecular weight excluding hydrogens is 226 g/mol. The first-order valence-electron chi connectivity index (χ1n) is 5.52. The van der Waals surface area contributed by atoms with Gasteiger partial charge in [-0.15, -0.1) is 0 Å². The molecule has 0 aromatic carbocycles. The van der Waals surface area contributed by atoms with Gasteiger partial charge in [0.25, 0.3) is 5.75 Å². The van der Waals surface area contributed by atoms with Gasteiger partial charge in [-0.05, 0) is 29.6 Å². The average molecular weight is 244 g/mol. The van der Waals surface area contributed by atoms with Crippen molar-refractivity contribution in [1.82, 2.24) is 0 Å². The Hall–Kier alpha value is -0.350. The number of rotatable bonds is 3. The van der Waals surface area contributed by atoms with Crippen LogP contribution in [0.5, 0.6) is 0 Å². The minimum absolute atomic E-state index is 0.219. The van der Waals surface area contributed by atoms with Crippen molar-refractivity contribution in [2.75, 3.05) is 5.75 Å². The highest BCUT2D eigenvalue weighted by molar-refractivity contribution is 8.23. The molecule has 1 fully saturated rings. The van der Waals surface area contributed by atoms with Crippen LogP contribution in [0.2, 0.25) is 0 Å². The normalized spacial score (nSPS) is 29.7. The van der Waals surface area contributed by atoms with Gasteiger partial charge in [0.1, 0.15) is 0 Å². The van der Waals surface area contributed by atoms with E-state index in [1.54, 1.807) is 0 Å². The van der Waals surface area contributed by atoms with Gasteiger partial charge < -0.3 is 5.73 Å². The fourth-order valence-electron chi connectivity index (χ4n) is 2.42. The molecule has 2 aliphatic rings. The van der Waals surface area contributed by atoms with Gasteiger partial charge in [-0.25, -0.2) is 10.9 Å². The SMILES string of the molecule is NC1=C[SH](C2CCCCC2)C(C[S+]=O)=C1. The molecular formula is C11H18NOS2+. The van der Waals surface area contributed by atoms with Crippen LogP contribution in [-0.4, -0.2) is 11.0 Å². The molecule has 15 heavy (non-hydrogen) atoms. The Morgan fingerprint density at radius 3 is 2.80 bits per heavy atom. The number of nitrogens with two attached hydrogens (primary N) is 1. The zero-order valence-electron chi connectivity index (χ0n) is 8.82. The number of hydrogen-bond acceptors (Lipinski definition) is 2. The van der Waals surface area contributed by atoms with E-state index in [4.69, 9.17) is 5.73 Å². The molecule has 0 aromatic rings. The van der Waals surface area contributed by atoms with Crippen LogP contribution in [0.15, 0.2) is 22.1 Å². The lowest BCUT2D eigenvalue weighted by Crippen LogP contribution is -2.13. The van der Waals surface area contributed by atoms with Gasteiger partial charge in [0.2, 0.25) is 0 Å². The van der Waals surface area contributed by atoms with Crippen molar-refractivity contribution < 1.29 is 4.21 Å². The smallest absolute Gasteiger partial charge is 0.398 e. The molecule has 1 atom stereocenters. The van der Waals surface area contributed by atoms with E-state index in [1.165, 1.54) is 37.0 Å². The van der Waals surface area contributed by atoms with E-state index in [1.807, 2.05) is 6.08 Å². The maximum Gasteiger partial charge on any atom is 0.464 e. The minimum Gasteiger partial charge on any atom is -0.398 e. The molecule has 2 nitrogen and oxygen atoms in total. The Morgan fingerprint density at radius 2 is 2.13 bits per heavy atom. The Labute approximate surface area is 97.8 Å². The van der Waals surface area contributed by atoms with E-state index in [0.29, 0.717) is 17.4 Å². The van der Waals surface area contributed by atoms with Crippen LogP contribution in [0, 0.1) is 0 Å². The fraction of sp³-hybridized carbons (Fsp3) is 0.636.